The average molecular weight is 393 g/mol. The van der Waals surface area contributed by atoms with Gasteiger partial charge in [0.25, 0.3) is 5.91 Å². The Morgan fingerprint density at radius 1 is 1.31 bits per heavy atom. The lowest BCUT2D eigenvalue weighted by Crippen LogP contribution is -2.29. The number of hydrogen-bond acceptors (Lipinski definition) is 3. The van der Waals surface area contributed by atoms with Crippen molar-refractivity contribution in [3.63, 3.8) is 0 Å². The first-order valence-electron chi connectivity index (χ1n) is 7.51. The molecule has 0 bridgehead atoms. The summed E-state index contributed by atoms with van der Waals surface area (Å²) in [6.45, 7) is 1.81. The largest absolute Gasteiger partial charge is 0.462 e. The second kappa shape index (κ2) is 7.23. The molecule has 7 nitrogen and oxygen atoms in total. The molecule has 0 spiro atoms. The molecule has 1 aromatic carbocycles. The van der Waals surface area contributed by atoms with Crippen LogP contribution in [-0.4, -0.2) is 29.8 Å². The van der Waals surface area contributed by atoms with E-state index in [2.05, 4.69) is 15.6 Å². The first-order valence-corrected chi connectivity index (χ1v) is 8.27. The number of aryl methyl sites for hydroxylation is 1. The van der Waals surface area contributed by atoms with Gasteiger partial charge in [0.1, 0.15) is 17.2 Å². The molecule has 1 saturated heterocycles. The average Bonchev–Trinajstić information content (AvgIpc) is 3.09. The Morgan fingerprint density at radius 2 is 2.08 bits per heavy atom. The maximum absolute atomic E-state index is 12.1. The summed E-state index contributed by atoms with van der Waals surface area (Å²) in [5.41, 5.74) is 0.662. The fourth-order valence-corrected chi connectivity index (χ4v) is 2.73. The molecular formula is C17H14Cl2N4O3. The minimum atomic E-state index is -0.688. The van der Waals surface area contributed by atoms with E-state index in [1.165, 1.54) is 11.0 Å². The normalized spacial score (nSPS) is 17.1. The summed E-state index contributed by atoms with van der Waals surface area (Å²) < 4.78 is 5.43. The second-order valence-electron chi connectivity index (χ2n) is 5.48. The standard InChI is InChI=1S/C17H14Cl2N4O3/c1-9-3-5-11(26-9)8-14-15(24)21-16(23(14)2)22-17(25)20-13-6-4-10(18)7-12(13)19/h3-8H,1-2H3,(H2,20,21,22,24,25)/b14-8+. The van der Waals surface area contributed by atoms with Crippen molar-refractivity contribution in [3.05, 3.63) is 57.6 Å². The molecule has 0 atom stereocenters. The molecule has 0 saturated carbocycles. The van der Waals surface area contributed by atoms with Crippen LogP contribution in [0, 0.1) is 6.92 Å². The molecule has 3 rings (SSSR count). The highest BCUT2D eigenvalue weighted by Gasteiger charge is 2.29. The van der Waals surface area contributed by atoms with Crippen LogP contribution in [0.2, 0.25) is 10.0 Å². The summed E-state index contributed by atoms with van der Waals surface area (Å²) >= 11 is 11.8. The second-order valence-corrected chi connectivity index (χ2v) is 6.32. The summed E-state index contributed by atoms with van der Waals surface area (Å²) in [5, 5.41) is 5.80. The number of aliphatic imine (C=N–C) groups is 1. The third kappa shape index (κ3) is 3.89. The van der Waals surface area contributed by atoms with Gasteiger partial charge in [-0.1, -0.05) is 23.2 Å². The van der Waals surface area contributed by atoms with E-state index in [1.54, 1.807) is 44.3 Å². The lowest BCUT2D eigenvalue weighted by molar-refractivity contribution is -0.115. The number of carbonyl (C=O) groups excluding carboxylic acids is 2. The number of nitrogens with one attached hydrogen (secondary N) is 2. The number of nitrogens with zero attached hydrogens (tertiary/aromatic N) is 2. The molecule has 1 aliphatic heterocycles. The molecule has 1 aliphatic rings. The predicted octanol–water partition coefficient (Wildman–Crippen LogP) is 3.89. The number of anilines is 1. The number of amides is 3. The van der Waals surface area contributed by atoms with Gasteiger partial charge in [-0.25, -0.2) is 4.79 Å². The monoisotopic (exact) mass is 392 g/mol. The summed E-state index contributed by atoms with van der Waals surface area (Å²) in [6, 6.07) is 7.50. The van der Waals surface area contributed by atoms with E-state index in [0.29, 0.717) is 22.2 Å². The molecule has 1 fully saturated rings. The maximum atomic E-state index is 12.1. The number of furan rings is 1. The first kappa shape index (κ1) is 18.0. The van der Waals surface area contributed by atoms with Crippen molar-refractivity contribution in [1.29, 1.82) is 0 Å². The van der Waals surface area contributed by atoms with Crippen LogP contribution in [0.15, 0.2) is 45.4 Å². The van der Waals surface area contributed by atoms with E-state index in [4.69, 9.17) is 27.6 Å². The Balaban J connectivity index is 1.77. The fourth-order valence-electron chi connectivity index (χ4n) is 2.28. The van der Waals surface area contributed by atoms with Crippen molar-refractivity contribution in [1.82, 2.24) is 10.2 Å². The van der Waals surface area contributed by atoms with Crippen molar-refractivity contribution in [2.24, 2.45) is 4.99 Å². The zero-order valence-electron chi connectivity index (χ0n) is 13.8. The summed E-state index contributed by atoms with van der Waals surface area (Å²) in [7, 11) is 1.61. The van der Waals surface area contributed by atoms with Gasteiger partial charge >= 0.3 is 6.03 Å². The molecule has 0 radical (unpaired) electrons. The van der Waals surface area contributed by atoms with Gasteiger partial charge in [-0.05, 0) is 37.3 Å². The summed E-state index contributed by atoms with van der Waals surface area (Å²) in [5.74, 6) is 0.953. The lowest BCUT2D eigenvalue weighted by atomic mass is 10.3. The number of likely N-dealkylation sites (N-methyl/N-ethyl adjacent to an activating group) is 1. The van der Waals surface area contributed by atoms with E-state index in [9.17, 15) is 9.59 Å². The van der Waals surface area contributed by atoms with Crippen LogP contribution in [0.25, 0.3) is 6.08 Å². The molecule has 9 heteroatoms. The van der Waals surface area contributed by atoms with Crippen molar-refractivity contribution in [2.75, 3.05) is 12.4 Å². The van der Waals surface area contributed by atoms with Crippen LogP contribution in [0.4, 0.5) is 10.5 Å². The number of rotatable bonds is 2. The predicted molar refractivity (Wildman–Crippen MR) is 100 cm³/mol. The molecule has 2 heterocycles. The van der Waals surface area contributed by atoms with E-state index in [1.807, 2.05) is 0 Å². The van der Waals surface area contributed by atoms with Crippen molar-refractivity contribution in [2.45, 2.75) is 6.92 Å². The third-order valence-corrected chi connectivity index (χ3v) is 4.11. The molecular weight excluding hydrogens is 379 g/mol. The minimum Gasteiger partial charge on any atom is -0.462 e. The van der Waals surface area contributed by atoms with Crippen LogP contribution in [0.1, 0.15) is 11.5 Å². The molecule has 0 aliphatic carbocycles. The SMILES string of the molecule is Cc1ccc(/C=C2\C(=O)N/C(=N\C(=O)Nc3ccc(Cl)cc3Cl)N2C)o1. The van der Waals surface area contributed by atoms with Crippen LogP contribution < -0.4 is 10.6 Å². The fraction of sp³-hybridized carbons (Fsp3) is 0.118. The number of halogens is 2. The number of hydrogen-bond donors (Lipinski definition) is 2. The zero-order chi connectivity index (χ0) is 18.8. The number of urea groups is 1. The molecule has 2 N–H and O–H groups in total. The molecule has 1 aromatic heterocycles. The first-order chi connectivity index (χ1) is 12.3. The van der Waals surface area contributed by atoms with Gasteiger partial charge in [-0.15, -0.1) is 0 Å². The Labute approximate surface area is 159 Å². The van der Waals surface area contributed by atoms with E-state index < -0.39 is 11.9 Å². The van der Waals surface area contributed by atoms with Crippen LogP contribution >= 0.6 is 23.2 Å². The van der Waals surface area contributed by atoms with Gasteiger partial charge in [-0.2, -0.15) is 4.99 Å². The highest BCUT2D eigenvalue weighted by atomic mass is 35.5. The quantitative estimate of drug-likeness (QED) is 0.758. The van der Waals surface area contributed by atoms with Crippen LogP contribution in [0.5, 0.6) is 0 Å². The number of guanidine groups is 1. The molecule has 134 valence electrons. The summed E-state index contributed by atoms with van der Waals surface area (Å²) in [6.07, 6.45) is 1.57. The van der Waals surface area contributed by atoms with Crippen molar-refractivity contribution >= 4 is 52.9 Å². The highest BCUT2D eigenvalue weighted by molar-refractivity contribution is 6.36. The molecule has 0 unspecified atom stereocenters. The Bertz CT molecular complexity index is 949. The van der Waals surface area contributed by atoms with Crippen LogP contribution in [-0.2, 0) is 4.79 Å². The lowest BCUT2D eigenvalue weighted by Gasteiger charge is -2.11. The van der Waals surface area contributed by atoms with E-state index in [-0.39, 0.29) is 11.0 Å². The van der Waals surface area contributed by atoms with Gasteiger partial charge in [0, 0.05) is 18.1 Å². The zero-order valence-corrected chi connectivity index (χ0v) is 15.4. The number of carbonyl (C=O) groups is 2. The van der Waals surface area contributed by atoms with Gasteiger partial charge in [0.05, 0.1) is 10.7 Å². The Kier molecular flexibility index (Phi) is 5.01. The topological polar surface area (TPSA) is 86.9 Å². The van der Waals surface area contributed by atoms with Crippen molar-refractivity contribution < 1.29 is 14.0 Å². The smallest absolute Gasteiger partial charge is 0.348 e. The van der Waals surface area contributed by atoms with Gasteiger partial charge in [-0.3, -0.25) is 10.1 Å². The van der Waals surface area contributed by atoms with Gasteiger partial charge < -0.3 is 14.6 Å². The molecule has 2 aromatic rings. The van der Waals surface area contributed by atoms with Gasteiger partial charge in [0.15, 0.2) is 0 Å². The van der Waals surface area contributed by atoms with E-state index >= 15 is 0 Å². The van der Waals surface area contributed by atoms with E-state index in [0.717, 1.165) is 5.76 Å². The highest BCUT2D eigenvalue weighted by Crippen LogP contribution is 2.25. The third-order valence-electron chi connectivity index (χ3n) is 3.56. The molecule has 26 heavy (non-hydrogen) atoms. The molecule has 3 amide bonds. The van der Waals surface area contributed by atoms with Crippen LogP contribution in [0.3, 0.4) is 0 Å². The minimum absolute atomic E-state index is 0.0899. The number of benzene rings is 1. The Hall–Kier alpha value is -2.77. The van der Waals surface area contributed by atoms with Crippen molar-refractivity contribution in [3.8, 4) is 0 Å². The Morgan fingerprint density at radius 3 is 2.73 bits per heavy atom. The summed E-state index contributed by atoms with van der Waals surface area (Å²) in [4.78, 5) is 29.6. The van der Waals surface area contributed by atoms with Gasteiger partial charge in [0.2, 0.25) is 5.96 Å². The maximum Gasteiger partial charge on any atom is 0.348 e.